The van der Waals surface area contributed by atoms with Crippen LogP contribution in [0.2, 0.25) is 0 Å². The van der Waals surface area contributed by atoms with Crippen molar-refractivity contribution in [2.75, 3.05) is 6.61 Å². The predicted molar refractivity (Wildman–Crippen MR) is 195 cm³/mol. The average molecular weight is 813 g/mol. The van der Waals surface area contributed by atoms with E-state index in [1.807, 2.05) is 0 Å². The quantitative estimate of drug-likeness (QED) is 0.126. The summed E-state index contributed by atoms with van der Waals surface area (Å²) in [4.78, 5) is 11.9. The van der Waals surface area contributed by atoms with Crippen molar-refractivity contribution in [3.8, 4) is 0 Å². The van der Waals surface area contributed by atoms with E-state index >= 15 is 0 Å². The van der Waals surface area contributed by atoms with E-state index in [1.54, 1.807) is 19.9 Å². The van der Waals surface area contributed by atoms with Gasteiger partial charge in [-0.15, -0.1) is 0 Å². The van der Waals surface area contributed by atoms with Crippen LogP contribution < -0.4 is 0 Å². The minimum Gasteiger partial charge on any atom is -0.458 e. The normalized spacial score (nSPS) is 56.6. The number of fused-ring (bicyclic) bond motifs is 5. The molecule has 8 aliphatic rings. The Bertz CT molecular complexity index is 1510. The molecule has 0 bridgehead atoms. The summed E-state index contributed by atoms with van der Waals surface area (Å²) < 4.78 is 40.9. The number of aliphatic hydroxyl groups is 8. The number of esters is 1. The molecule has 0 amide bonds. The fraction of sp³-hybridized carbons (Fsp3) is 0.927. The van der Waals surface area contributed by atoms with Gasteiger partial charge in [0, 0.05) is 11.5 Å². The van der Waals surface area contributed by atoms with Crippen LogP contribution in [0.1, 0.15) is 92.4 Å². The Morgan fingerprint density at radius 3 is 1.81 bits per heavy atom. The maximum Gasteiger partial charge on any atom is 0.331 e. The topological polar surface area (TPSA) is 244 Å². The molecule has 57 heavy (non-hydrogen) atoms. The summed E-state index contributed by atoms with van der Waals surface area (Å²) in [5, 5.41) is 87.7. The smallest absolute Gasteiger partial charge is 0.331 e. The van der Waals surface area contributed by atoms with Crippen LogP contribution in [0.15, 0.2) is 11.6 Å². The summed E-state index contributed by atoms with van der Waals surface area (Å²) in [6, 6.07) is 0. The highest BCUT2D eigenvalue weighted by Crippen LogP contribution is 2.70. The minimum absolute atomic E-state index is 0.0133. The van der Waals surface area contributed by atoms with Gasteiger partial charge in [-0.05, 0) is 113 Å². The fourth-order valence-electron chi connectivity index (χ4n) is 12.7. The van der Waals surface area contributed by atoms with E-state index in [1.165, 1.54) is 6.92 Å². The van der Waals surface area contributed by atoms with Gasteiger partial charge in [0.25, 0.3) is 0 Å². The molecule has 16 heteroatoms. The van der Waals surface area contributed by atoms with E-state index in [9.17, 15) is 45.6 Å². The Hall–Kier alpha value is -1.35. The van der Waals surface area contributed by atoms with Gasteiger partial charge in [0.15, 0.2) is 18.9 Å². The Labute approximate surface area is 333 Å². The van der Waals surface area contributed by atoms with Gasteiger partial charge in [-0.3, -0.25) is 0 Å². The van der Waals surface area contributed by atoms with E-state index < -0.39 is 97.7 Å². The molecular weight excluding hydrogens is 748 g/mol. The summed E-state index contributed by atoms with van der Waals surface area (Å²) in [5.41, 5.74) is -0.0591. The SMILES string of the molecule is C[C@@H]1O[C@@H](O[C@@H]2[C@@H](O)[C@@H](O)[C@H](O[C@@H]3[C@@H](O)[C@@H](O)[C@H](O[C@H]4CC[C@@]5(C)[C@H](CC[C@@H]6[C@@H]5CC[C@]5(C)[C@@H](C7=CC(=O)OC7)CC[C@]65O)C4)O[C@H]3C)O[C@H]2C)[C@H](O)[C@H](O)[C@H]1O. The molecule has 0 unspecified atom stereocenters. The molecule has 23 atom stereocenters. The van der Waals surface area contributed by atoms with Crippen LogP contribution >= 0.6 is 0 Å². The number of ether oxygens (including phenoxy) is 7. The summed E-state index contributed by atoms with van der Waals surface area (Å²) in [5.74, 6) is 0.750. The van der Waals surface area contributed by atoms with Crippen molar-refractivity contribution in [2.24, 2.45) is 34.5 Å². The highest BCUT2D eigenvalue weighted by atomic mass is 16.8. The van der Waals surface area contributed by atoms with Crippen LogP contribution in [-0.2, 0) is 38.0 Å². The number of hydrogen-bond donors (Lipinski definition) is 8. The third-order valence-corrected chi connectivity index (χ3v) is 16.2. The predicted octanol–water partition coefficient (Wildman–Crippen LogP) is 0.160. The van der Waals surface area contributed by atoms with Gasteiger partial charge >= 0.3 is 5.97 Å². The molecule has 8 rings (SSSR count). The molecule has 8 N–H and O–H groups in total. The first-order chi connectivity index (χ1) is 26.9. The van der Waals surface area contributed by atoms with Crippen molar-refractivity contribution < 1.29 is 78.8 Å². The number of hydrogen-bond acceptors (Lipinski definition) is 16. The fourth-order valence-corrected chi connectivity index (χ4v) is 12.7. The summed E-state index contributed by atoms with van der Waals surface area (Å²) >= 11 is 0. The van der Waals surface area contributed by atoms with Crippen LogP contribution in [0.4, 0.5) is 0 Å². The van der Waals surface area contributed by atoms with Crippen LogP contribution in [0, 0.1) is 34.5 Å². The molecular formula is C41H64O16. The van der Waals surface area contributed by atoms with Gasteiger partial charge in [-0.1, -0.05) is 13.8 Å². The van der Waals surface area contributed by atoms with E-state index in [4.69, 9.17) is 33.2 Å². The second-order valence-electron chi connectivity index (χ2n) is 19.1. The zero-order chi connectivity index (χ0) is 40.9. The summed E-state index contributed by atoms with van der Waals surface area (Å²) in [6.45, 7) is 9.63. The highest BCUT2D eigenvalue weighted by Gasteiger charge is 2.68. The number of cyclic esters (lactones) is 1. The Morgan fingerprint density at radius 1 is 0.632 bits per heavy atom. The molecule has 0 spiro atoms. The molecule has 4 heterocycles. The summed E-state index contributed by atoms with van der Waals surface area (Å²) in [7, 11) is 0. The monoisotopic (exact) mass is 812 g/mol. The van der Waals surface area contributed by atoms with Gasteiger partial charge in [0.1, 0.15) is 61.5 Å². The Morgan fingerprint density at radius 2 is 1.21 bits per heavy atom. The molecule has 3 saturated heterocycles. The number of rotatable bonds is 7. The zero-order valence-electron chi connectivity index (χ0n) is 33.5. The van der Waals surface area contributed by atoms with Crippen molar-refractivity contribution in [3.63, 3.8) is 0 Å². The molecule has 4 aliphatic carbocycles. The Balaban J connectivity index is 0.857. The Kier molecular flexibility index (Phi) is 11.5. The van der Waals surface area contributed by atoms with Crippen LogP contribution in [0.5, 0.6) is 0 Å². The third-order valence-electron chi connectivity index (χ3n) is 16.2. The van der Waals surface area contributed by atoms with Crippen molar-refractivity contribution in [2.45, 2.75) is 196 Å². The van der Waals surface area contributed by atoms with Crippen molar-refractivity contribution >= 4 is 5.97 Å². The molecule has 7 fully saturated rings. The largest absolute Gasteiger partial charge is 0.458 e. The lowest BCUT2D eigenvalue weighted by atomic mass is 9.43. The van der Waals surface area contributed by atoms with Crippen LogP contribution in [-0.4, -0.2) is 157 Å². The maximum absolute atomic E-state index is 12.6. The first-order valence-corrected chi connectivity index (χ1v) is 21.2. The van der Waals surface area contributed by atoms with Gasteiger partial charge in [0.05, 0.1) is 30.0 Å². The minimum atomic E-state index is -1.68. The molecule has 0 aromatic heterocycles. The first kappa shape index (κ1) is 42.3. The average Bonchev–Trinajstić information content (AvgIpc) is 3.72. The van der Waals surface area contributed by atoms with Crippen molar-refractivity contribution in [1.82, 2.24) is 0 Å². The zero-order valence-corrected chi connectivity index (χ0v) is 33.5. The highest BCUT2D eigenvalue weighted by molar-refractivity contribution is 5.85. The first-order valence-electron chi connectivity index (χ1n) is 21.2. The van der Waals surface area contributed by atoms with Crippen LogP contribution in [0.3, 0.4) is 0 Å². The van der Waals surface area contributed by atoms with Crippen molar-refractivity contribution in [1.29, 1.82) is 0 Å². The molecule has 16 nitrogen and oxygen atoms in total. The second-order valence-corrected chi connectivity index (χ2v) is 19.1. The molecule has 324 valence electrons. The van der Waals surface area contributed by atoms with Gasteiger partial charge in [-0.25, -0.2) is 4.79 Å². The van der Waals surface area contributed by atoms with E-state index in [-0.39, 0.29) is 34.7 Å². The molecule has 4 aliphatic heterocycles. The molecule has 0 aromatic rings. The third kappa shape index (κ3) is 6.95. The summed E-state index contributed by atoms with van der Waals surface area (Å²) in [6.07, 6.45) is -10.6. The number of aliphatic hydroxyl groups excluding tert-OH is 7. The number of carbonyl (C=O) groups excluding carboxylic acids is 1. The molecule has 0 aromatic carbocycles. The number of carbonyl (C=O) groups is 1. The second kappa shape index (κ2) is 15.5. The van der Waals surface area contributed by atoms with E-state index in [0.29, 0.717) is 18.4 Å². The molecule has 4 saturated carbocycles. The van der Waals surface area contributed by atoms with Crippen LogP contribution in [0.25, 0.3) is 0 Å². The lowest BCUT2D eigenvalue weighted by molar-refractivity contribution is -0.374. The van der Waals surface area contributed by atoms with E-state index in [2.05, 4.69) is 13.8 Å². The maximum atomic E-state index is 12.6. The lowest BCUT2D eigenvalue weighted by Gasteiger charge is -2.64. The van der Waals surface area contributed by atoms with E-state index in [0.717, 1.165) is 63.4 Å². The standard InChI is InChI=1S/C41H64O16/c1-17-27(43)28(44)31(47)37(52-17)56-35-19(3)54-38(33(49)30(35)46)57-34-18(2)53-36(32(48)29(34)45)55-22-8-11-39(4)21(15-22)6-7-25-24(39)9-12-40(5)23(10-13-41(25,40)50)20-14-26(42)51-16-20/h14,17-19,21-25,27-38,43-50H,6-13,15-16H2,1-5H3/t17-,18-,19-,21+,22-,23+,24-,25+,27-,28+,29-,30-,31+,32+,33+,34-,35-,36-,37-,38-,39-,40+,41-/m0/s1. The van der Waals surface area contributed by atoms with Gasteiger partial charge in [0.2, 0.25) is 0 Å². The van der Waals surface area contributed by atoms with Gasteiger partial charge in [-0.2, -0.15) is 0 Å². The van der Waals surface area contributed by atoms with Gasteiger partial charge < -0.3 is 74.0 Å². The molecule has 0 radical (unpaired) electrons. The van der Waals surface area contributed by atoms with Crippen molar-refractivity contribution in [3.05, 3.63) is 11.6 Å². The lowest BCUT2D eigenvalue weighted by Crippen LogP contribution is -2.65.